The maximum Gasteiger partial charge on any atom is 0.363 e. The average Bonchev–Trinajstić information content (AvgIpc) is 3.13. The van der Waals surface area contributed by atoms with Gasteiger partial charge in [0.15, 0.2) is 5.70 Å². The molecule has 0 atom stereocenters. The Morgan fingerprint density at radius 2 is 1.69 bits per heavy atom. The molecular weight excluding hydrogens is 473 g/mol. The van der Waals surface area contributed by atoms with Gasteiger partial charge in [0.2, 0.25) is 5.90 Å². The van der Waals surface area contributed by atoms with Gasteiger partial charge in [-0.15, -0.1) is 0 Å². The highest BCUT2D eigenvalue weighted by atomic mass is 35.5. The summed E-state index contributed by atoms with van der Waals surface area (Å²) in [6, 6.07) is 16.4. The van der Waals surface area contributed by atoms with Crippen molar-refractivity contribution in [3.8, 4) is 5.75 Å². The van der Waals surface area contributed by atoms with Crippen LogP contribution in [0.3, 0.4) is 0 Å². The molecule has 1 aliphatic rings. The molecule has 0 saturated heterocycles. The van der Waals surface area contributed by atoms with Gasteiger partial charge in [0.1, 0.15) is 5.75 Å². The molecule has 0 amide bonds. The van der Waals surface area contributed by atoms with Gasteiger partial charge in [0.05, 0.1) is 15.6 Å². The number of rotatable bonds is 4. The van der Waals surface area contributed by atoms with Crippen LogP contribution in [0.4, 0.5) is 0 Å². The van der Waals surface area contributed by atoms with E-state index in [9.17, 15) is 9.59 Å². The number of carbonyl (C=O) groups excluding carboxylic acids is 2. The van der Waals surface area contributed by atoms with Gasteiger partial charge in [-0.25, -0.2) is 14.6 Å². The zero-order chi connectivity index (χ0) is 22.8. The molecule has 1 heterocycles. The van der Waals surface area contributed by atoms with Crippen LogP contribution in [0.15, 0.2) is 71.4 Å². The molecule has 0 aliphatic carbocycles. The Kier molecular flexibility index (Phi) is 6.33. The van der Waals surface area contributed by atoms with Crippen LogP contribution in [-0.2, 0) is 9.53 Å². The van der Waals surface area contributed by atoms with Crippen molar-refractivity contribution in [3.63, 3.8) is 0 Å². The summed E-state index contributed by atoms with van der Waals surface area (Å²) in [6.07, 6.45) is 1.58. The van der Waals surface area contributed by atoms with Gasteiger partial charge in [0.25, 0.3) is 0 Å². The largest absolute Gasteiger partial charge is 0.423 e. The first kappa shape index (κ1) is 22.1. The Bertz CT molecular complexity index is 1300. The molecule has 160 valence electrons. The lowest BCUT2D eigenvalue weighted by Gasteiger charge is -2.05. The summed E-state index contributed by atoms with van der Waals surface area (Å²) in [6.45, 7) is 1.88. The molecular formula is C24H14Cl3NO4. The van der Waals surface area contributed by atoms with Crippen LogP contribution in [0.25, 0.3) is 6.08 Å². The lowest BCUT2D eigenvalue weighted by atomic mass is 10.1. The van der Waals surface area contributed by atoms with Crippen molar-refractivity contribution in [2.24, 2.45) is 4.99 Å². The summed E-state index contributed by atoms with van der Waals surface area (Å²) in [5.41, 5.74) is 2.63. The van der Waals surface area contributed by atoms with Gasteiger partial charge in [-0.2, -0.15) is 0 Å². The van der Waals surface area contributed by atoms with E-state index in [2.05, 4.69) is 4.99 Å². The Hall–Kier alpha value is -3.12. The summed E-state index contributed by atoms with van der Waals surface area (Å²) < 4.78 is 10.6. The van der Waals surface area contributed by atoms with E-state index in [1.807, 2.05) is 13.0 Å². The van der Waals surface area contributed by atoms with E-state index in [4.69, 9.17) is 44.3 Å². The second-order valence-corrected chi connectivity index (χ2v) is 8.11. The number of hydrogen-bond acceptors (Lipinski definition) is 5. The molecule has 0 radical (unpaired) electrons. The highest BCUT2D eigenvalue weighted by molar-refractivity contribution is 6.42. The fourth-order valence-electron chi connectivity index (χ4n) is 2.84. The van der Waals surface area contributed by atoms with Gasteiger partial charge in [-0.05, 0) is 66.6 Å². The van der Waals surface area contributed by atoms with Gasteiger partial charge in [-0.1, -0.05) is 53.0 Å². The van der Waals surface area contributed by atoms with Crippen LogP contribution in [0.2, 0.25) is 15.1 Å². The summed E-state index contributed by atoms with van der Waals surface area (Å²) >= 11 is 17.9. The smallest absolute Gasteiger partial charge is 0.363 e. The Morgan fingerprint density at radius 3 is 2.38 bits per heavy atom. The predicted molar refractivity (Wildman–Crippen MR) is 125 cm³/mol. The normalized spacial score (nSPS) is 14.3. The number of aryl methyl sites for hydroxylation is 1. The minimum absolute atomic E-state index is 0.150. The van der Waals surface area contributed by atoms with E-state index in [0.29, 0.717) is 26.9 Å². The molecule has 5 nitrogen and oxygen atoms in total. The third kappa shape index (κ3) is 4.86. The van der Waals surface area contributed by atoms with Crippen molar-refractivity contribution in [3.05, 3.63) is 104 Å². The van der Waals surface area contributed by atoms with Gasteiger partial charge in [0, 0.05) is 10.6 Å². The number of nitrogens with zero attached hydrogens (tertiary/aromatic N) is 1. The van der Waals surface area contributed by atoms with Crippen molar-refractivity contribution < 1.29 is 19.1 Å². The Morgan fingerprint density at radius 1 is 0.938 bits per heavy atom. The van der Waals surface area contributed by atoms with E-state index in [-0.39, 0.29) is 22.2 Å². The molecule has 0 saturated carbocycles. The van der Waals surface area contributed by atoms with Crippen molar-refractivity contribution >= 4 is 58.7 Å². The van der Waals surface area contributed by atoms with E-state index in [0.717, 1.165) is 5.56 Å². The van der Waals surface area contributed by atoms with Crippen LogP contribution < -0.4 is 4.74 Å². The molecule has 0 bridgehead atoms. The van der Waals surface area contributed by atoms with Crippen molar-refractivity contribution in [1.29, 1.82) is 0 Å². The second kappa shape index (κ2) is 9.17. The third-order valence-corrected chi connectivity index (χ3v) is 5.73. The molecule has 3 aromatic rings. The maximum absolute atomic E-state index is 12.3. The highest BCUT2D eigenvalue weighted by Gasteiger charge is 2.24. The molecule has 0 aromatic heterocycles. The molecule has 0 unspecified atom stereocenters. The van der Waals surface area contributed by atoms with Crippen LogP contribution in [0.1, 0.15) is 27.0 Å². The summed E-state index contributed by atoms with van der Waals surface area (Å²) in [4.78, 5) is 28.8. The van der Waals surface area contributed by atoms with Crippen molar-refractivity contribution in [1.82, 2.24) is 0 Å². The predicted octanol–water partition coefficient (Wildman–Crippen LogP) is 6.52. The van der Waals surface area contributed by atoms with Crippen LogP contribution in [-0.4, -0.2) is 17.8 Å². The highest BCUT2D eigenvalue weighted by Crippen LogP contribution is 2.25. The lowest BCUT2D eigenvalue weighted by molar-refractivity contribution is -0.129. The number of aliphatic imine (C=N–C) groups is 1. The monoisotopic (exact) mass is 485 g/mol. The number of ether oxygens (including phenoxy) is 2. The minimum atomic E-state index is -0.569. The fourth-order valence-corrected chi connectivity index (χ4v) is 3.32. The van der Waals surface area contributed by atoms with E-state index in [1.54, 1.807) is 42.5 Å². The number of carbonyl (C=O) groups is 2. The Labute approximate surface area is 198 Å². The molecule has 32 heavy (non-hydrogen) atoms. The molecule has 1 aliphatic heterocycles. The summed E-state index contributed by atoms with van der Waals surface area (Å²) in [5.74, 6) is -0.613. The first-order chi connectivity index (χ1) is 15.3. The average molecular weight is 487 g/mol. The van der Waals surface area contributed by atoms with Gasteiger partial charge >= 0.3 is 11.9 Å². The van der Waals surface area contributed by atoms with Crippen LogP contribution in [0.5, 0.6) is 5.75 Å². The number of cyclic esters (lactones) is 1. The van der Waals surface area contributed by atoms with Crippen molar-refractivity contribution in [2.75, 3.05) is 0 Å². The number of hydrogen-bond donors (Lipinski definition) is 0. The lowest BCUT2D eigenvalue weighted by Crippen LogP contribution is -2.08. The zero-order valence-electron chi connectivity index (χ0n) is 16.6. The first-order valence-electron chi connectivity index (χ1n) is 9.36. The molecule has 0 fully saturated rings. The summed E-state index contributed by atoms with van der Waals surface area (Å²) in [7, 11) is 0. The second-order valence-electron chi connectivity index (χ2n) is 6.89. The molecule has 8 heteroatoms. The number of esters is 2. The van der Waals surface area contributed by atoms with Crippen LogP contribution in [0, 0.1) is 6.92 Å². The van der Waals surface area contributed by atoms with E-state index in [1.165, 1.54) is 18.2 Å². The maximum atomic E-state index is 12.3. The molecule has 0 N–H and O–H groups in total. The molecule has 0 spiro atoms. The number of benzene rings is 3. The summed E-state index contributed by atoms with van der Waals surface area (Å²) in [5, 5.41) is 1.17. The van der Waals surface area contributed by atoms with E-state index < -0.39 is 11.9 Å². The quantitative estimate of drug-likeness (QED) is 0.239. The third-order valence-electron chi connectivity index (χ3n) is 4.59. The zero-order valence-corrected chi connectivity index (χ0v) is 18.8. The van der Waals surface area contributed by atoms with Crippen molar-refractivity contribution in [2.45, 2.75) is 6.92 Å². The molecule has 4 rings (SSSR count). The Balaban J connectivity index is 1.49. The minimum Gasteiger partial charge on any atom is -0.423 e. The topological polar surface area (TPSA) is 65.0 Å². The van der Waals surface area contributed by atoms with Crippen LogP contribution >= 0.6 is 34.8 Å². The molecule has 3 aromatic carbocycles. The first-order valence-corrected chi connectivity index (χ1v) is 10.5. The van der Waals surface area contributed by atoms with Gasteiger partial charge in [-0.3, -0.25) is 0 Å². The standard InChI is InChI=1S/C24H14Cl3NO4/c1-13-2-5-15(11-19(13)26)22-28-21(24(30)32-22)10-14-3-7-17(8-4-14)31-23(29)16-6-9-18(25)20(27)12-16/h2-12H,1H3/b21-10-. The van der Waals surface area contributed by atoms with Gasteiger partial charge < -0.3 is 9.47 Å². The SMILES string of the molecule is Cc1ccc(C2=N/C(=C\c3ccc(OC(=O)c4ccc(Cl)c(Cl)c4)cc3)C(=O)O2)cc1Cl. The van der Waals surface area contributed by atoms with E-state index >= 15 is 0 Å². The fraction of sp³-hybridized carbons (Fsp3) is 0.0417. The number of halogens is 3.